The quantitative estimate of drug-likeness (QED) is 0.616. The topological polar surface area (TPSA) is 98.8 Å². The third-order valence-corrected chi connectivity index (χ3v) is 8.07. The van der Waals surface area contributed by atoms with Crippen molar-refractivity contribution in [2.24, 2.45) is 0 Å². The largest absolute Gasteiger partial charge is 0.497 e. The van der Waals surface area contributed by atoms with E-state index in [4.69, 9.17) is 9.47 Å². The average Bonchev–Trinajstić information content (AvgIpc) is 3.10. The van der Waals surface area contributed by atoms with Crippen LogP contribution in [0.3, 0.4) is 0 Å². The molecule has 162 valence electrons. The Hall–Kier alpha value is -2.39. The minimum Gasteiger partial charge on any atom is -0.497 e. The van der Waals surface area contributed by atoms with E-state index < -0.39 is 15.8 Å². The number of esters is 1. The van der Waals surface area contributed by atoms with Gasteiger partial charge in [-0.25, -0.2) is 13.2 Å². The van der Waals surface area contributed by atoms with E-state index >= 15 is 0 Å². The van der Waals surface area contributed by atoms with Crippen LogP contribution in [-0.2, 0) is 32.2 Å². The van der Waals surface area contributed by atoms with Gasteiger partial charge < -0.3 is 14.8 Å². The van der Waals surface area contributed by atoms with Gasteiger partial charge >= 0.3 is 5.97 Å². The molecule has 1 heterocycles. The molecule has 0 radical (unpaired) electrons. The summed E-state index contributed by atoms with van der Waals surface area (Å²) in [6.45, 7) is 0. The maximum atomic E-state index is 12.5. The second-order valence-corrected chi connectivity index (χ2v) is 10.3. The van der Waals surface area contributed by atoms with Crippen LogP contribution in [0.25, 0.3) is 0 Å². The molecule has 1 aliphatic rings. The summed E-state index contributed by atoms with van der Waals surface area (Å²) >= 11 is 1.41. The molecule has 0 aliphatic heterocycles. The van der Waals surface area contributed by atoms with E-state index in [0.29, 0.717) is 16.3 Å². The van der Waals surface area contributed by atoms with E-state index in [-0.39, 0.29) is 29.4 Å². The van der Waals surface area contributed by atoms with Gasteiger partial charge in [-0.3, -0.25) is 4.79 Å². The molecule has 3 rings (SSSR count). The maximum Gasteiger partial charge on any atom is 0.341 e. The summed E-state index contributed by atoms with van der Waals surface area (Å²) in [7, 11) is -0.653. The fourth-order valence-corrected chi connectivity index (χ4v) is 6.09. The lowest BCUT2D eigenvalue weighted by atomic mass is 9.95. The molecule has 0 fully saturated rings. The Morgan fingerprint density at radius 1 is 1.10 bits per heavy atom. The average molecular weight is 452 g/mol. The predicted molar refractivity (Wildman–Crippen MR) is 115 cm³/mol. The molecule has 30 heavy (non-hydrogen) atoms. The molecule has 1 aromatic heterocycles. The molecule has 9 heteroatoms. The highest BCUT2D eigenvalue weighted by Crippen LogP contribution is 2.38. The number of fused-ring (bicyclic) bond motifs is 1. The number of carbonyl (C=O) groups is 2. The van der Waals surface area contributed by atoms with Gasteiger partial charge in [-0.15, -0.1) is 11.3 Å². The highest BCUT2D eigenvalue weighted by molar-refractivity contribution is 7.91. The number of amides is 1. The molecule has 2 aromatic rings. The van der Waals surface area contributed by atoms with Gasteiger partial charge in [0, 0.05) is 11.3 Å². The summed E-state index contributed by atoms with van der Waals surface area (Å²) in [5, 5.41) is 3.29. The number of thiophene rings is 1. The SMILES string of the molecule is COC(=O)c1c(NC(=O)CCCS(=O)(=O)c2ccc(OC)cc2)sc2c1CCCC2. The van der Waals surface area contributed by atoms with Gasteiger partial charge in [-0.1, -0.05) is 0 Å². The lowest BCUT2D eigenvalue weighted by molar-refractivity contribution is -0.116. The summed E-state index contributed by atoms with van der Waals surface area (Å²) in [5.74, 6) is -0.332. The minimum absolute atomic E-state index is 0.0402. The molecular weight excluding hydrogens is 426 g/mol. The number of carbonyl (C=O) groups excluding carboxylic acids is 2. The van der Waals surface area contributed by atoms with E-state index in [1.807, 2.05) is 0 Å². The van der Waals surface area contributed by atoms with Gasteiger partial charge in [-0.2, -0.15) is 0 Å². The Balaban J connectivity index is 1.62. The van der Waals surface area contributed by atoms with Crippen molar-refractivity contribution in [3.05, 3.63) is 40.3 Å². The van der Waals surface area contributed by atoms with Crippen LogP contribution in [-0.4, -0.2) is 40.3 Å². The number of rotatable bonds is 8. The van der Waals surface area contributed by atoms with Crippen molar-refractivity contribution in [3.63, 3.8) is 0 Å². The molecule has 0 atom stereocenters. The minimum atomic E-state index is -3.49. The number of aryl methyl sites for hydroxylation is 1. The third-order valence-electron chi connectivity index (χ3n) is 5.05. The van der Waals surface area contributed by atoms with Crippen LogP contribution in [0, 0.1) is 0 Å². The number of nitrogens with one attached hydrogen (secondary N) is 1. The Bertz CT molecular complexity index is 1020. The predicted octanol–water partition coefficient (Wildman–Crippen LogP) is 3.61. The second kappa shape index (κ2) is 9.61. The Kier molecular flexibility index (Phi) is 7.14. The molecule has 1 N–H and O–H groups in total. The number of anilines is 1. The fraction of sp³-hybridized carbons (Fsp3) is 0.429. The maximum absolute atomic E-state index is 12.5. The van der Waals surface area contributed by atoms with Crippen molar-refractivity contribution in [2.45, 2.75) is 43.4 Å². The summed E-state index contributed by atoms with van der Waals surface area (Å²) < 4.78 is 34.8. The van der Waals surface area contributed by atoms with Gasteiger partial charge in [0.05, 0.1) is 30.4 Å². The summed E-state index contributed by atoms with van der Waals surface area (Å²) in [6.07, 6.45) is 3.97. The number of ether oxygens (including phenoxy) is 2. The molecule has 7 nitrogen and oxygen atoms in total. The molecule has 1 amide bonds. The molecule has 1 aliphatic carbocycles. The Labute approximate surface area is 180 Å². The number of benzene rings is 1. The molecule has 0 unspecified atom stereocenters. The Morgan fingerprint density at radius 3 is 2.47 bits per heavy atom. The number of hydrogen-bond acceptors (Lipinski definition) is 7. The number of hydrogen-bond donors (Lipinski definition) is 1. The van der Waals surface area contributed by atoms with Crippen LogP contribution in [0.5, 0.6) is 5.75 Å². The number of methoxy groups -OCH3 is 2. The zero-order chi connectivity index (χ0) is 21.7. The molecule has 0 bridgehead atoms. The van der Waals surface area contributed by atoms with E-state index in [1.165, 1.54) is 37.7 Å². The first-order chi connectivity index (χ1) is 14.4. The van der Waals surface area contributed by atoms with Crippen LogP contribution in [0.4, 0.5) is 5.00 Å². The van der Waals surface area contributed by atoms with Crippen molar-refractivity contribution in [3.8, 4) is 5.75 Å². The smallest absolute Gasteiger partial charge is 0.341 e. The highest BCUT2D eigenvalue weighted by atomic mass is 32.2. The first kappa shape index (κ1) is 22.3. The van der Waals surface area contributed by atoms with Crippen LogP contribution in [0.2, 0.25) is 0 Å². The van der Waals surface area contributed by atoms with Crippen molar-refractivity contribution in [1.29, 1.82) is 0 Å². The summed E-state index contributed by atoms with van der Waals surface area (Å²) in [6, 6.07) is 6.17. The summed E-state index contributed by atoms with van der Waals surface area (Å²) in [4.78, 5) is 26.0. The first-order valence-electron chi connectivity index (χ1n) is 9.75. The van der Waals surface area contributed by atoms with Gasteiger partial charge in [0.15, 0.2) is 9.84 Å². The molecule has 1 aromatic carbocycles. The van der Waals surface area contributed by atoms with Crippen LogP contribution >= 0.6 is 11.3 Å². The van der Waals surface area contributed by atoms with Crippen LogP contribution < -0.4 is 10.1 Å². The van der Waals surface area contributed by atoms with Gasteiger partial charge in [-0.05, 0) is 61.9 Å². The van der Waals surface area contributed by atoms with Gasteiger partial charge in [0.1, 0.15) is 10.8 Å². The van der Waals surface area contributed by atoms with E-state index in [1.54, 1.807) is 12.1 Å². The molecule has 0 saturated heterocycles. The normalized spacial score (nSPS) is 13.4. The second-order valence-electron chi connectivity index (χ2n) is 7.05. The lowest BCUT2D eigenvalue weighted by Crippen LogP contribution is -2.16. The van der Waals surface area contributed by atoms with Crippen LogP contribution in [0.15, 0.2) is 29.2 Å². The van der Waals surface area contributed by atoms with E-state index in [9.17, 15) is 18.0 Å². The molecular formula is C21H25NO6S2. The number of sulfone groups is 1. The van der Waals surface area contributed by atoms with Gasteiger partial charge in [0.2, 0.25) is 5.91 Å². The van der Waals surface area contributed by atoms with Crippen LogP contribution in [0.1, 0.15) is 46.5 Å². The van der Waals surface area contributed by atoms with Crippen molar-refractivity contribution in [2.75, 3.05) is 25.3 Å². The zero-order valence-corrected chi connectivity index (χ0v) is 18.7. The molecule has 0 saturated carbocycles. The van der Waals surface area contributed by atoms with Crippen molar-refractivity contribution in [1.82, 2.24) is 0 Å². The van der Waals surface area contributed by atoms with Crippen molar-refractivity contribution >= 4 is 38.1 Å². The summed E-state index contributed by atoms with van der Waals surface area (Å²) in [5.41, 5.74) is 1.41. The first-order valence-corrected chi connectivity index (χ1v) is 12.2. The highest BCUT2D eigenvalue weighted by Gasteiger charge is 2.27. The van der Waals surface area contributed by atoms with E-state index in [2.05, 4.69) is 5.32 Å². The van der Waals surface area contributed by atoms with Crippen molar-refractivity contribution < 1.29 is 27.5 Å². The Morgan fingerprint density at radius 2 is 1.80 bits per heavy atom. The third kappa shape index (κ3) is 5.02. The van der Waals surface area contributed by atoms with Gasteiger partial charge in [0.25, 0.3) is 0 Å². The standard InChI is InChI=1S/C21H25NO6S2/c1-27-14-9-11-15(12-10-14)30(25,26)13-5-8-18(23)22-20-19(21(24)28-2)16-6-3-4-7-17(16)29-20/h9-12H,3-8,13H2,1-2H3,(H,22,23). The zero-order valence-electron chi connectivity index (χ0n) is 17.0. The fourth-order valence-electron chi connectivity index (χ4n) is 3.48. The molecule has 0 spiro atoms. The lowest BCUT2D eigenvalue weighted by Gasteiger charge is -2.11. The van der Waals surface area contributed by atoms with E-state index in [0.717, 1.165) is 36.1 Å². The monoisotopic (exact) mass is 451 g/mol.